The van der Waals surface area contributed by atoms with Crippen LogP contribution in [-0.2, 0) is 18.9 Å². The Morgan fingerprint density at radius 1 is 1.22 bits per heavy atom. The van der Waals surface area contributed by atoms with Gasteiger partial charge in [-0.3, -0.25) is 0 Å². The van der Waals surface area contributed by atoms with Gasteiger partial charge in [0.2, 0.25) is 6.10 Å². The number of rotatable bonds is 4. The second-order valence-electron chi connectivity index (χ2n) is 3.76. The molecule has 1 heterocycles. The van der Waals surface area contributed by atoms with E-state index in [2.05, 4.69) is 4.99 Å². The Balaban J connectivity index is 2.31. The molecule has 5 heteroatoms. The largest absolute Gasteiger partial charge is 0.451 e. The first-order chi connectivity index (χ1) is 8.75. The van der Waals surface area contributed by atoms with Gasteiger partial charge in [0.25, 0.3) is 0 Å². The van der Waals surface area contributed by atoms with Crippen LogP contribution in [0.1, 0.15) is 18.6 Å². The fraction of sp³-hybridized carbons (Fsp3) is 0.462. The number of benzene rings is 1. The molecule has 0 saturated heterocycles. The molecule has 0 fully saturated rings. The molecule has 2 rings (SSSR count). The Hall–Kier alpha value is -1.59. The highest BCUT2D eigenvalue weighted by Crippen LogP contribution is 2.39. The smallest absolute Gasteiger partial charge is 0.389 e. The molecule has 0 aliphatic carbocycles. The first-order valence-corrected chi connectivity index (χ1v) is 5.80. The maximum Gasteiger partial charge on any atom is 0.389 e. The minimum atomic E-state index is -1.19. The van der Waals surface area contributed by atoms with Crippen LogP contribution in [0.25, 0.3) is 0 Å². The molecule has 0 amide bonds. The predicted octanol–water partition coefficient (Wildman–Crippen LogP) is 2.10. The highest BCUT2D eigenvalue weighted by atomic mass is 16.8. The Bertz CT molecular complexity index is 414. The maximum absolute atomic E-state index is 5.66. The van der Waals surface area contributed by atoms with E-state index in [1.165, 1.54) is 14.2 Å². The van der Waals surface area contributed by atoms with Gasteiger partial charge in [0.1, 0.15) is 0 Å². The van der Waals surface area contributed by atoms with Crippen molar-refractivity contribution in [3.8, 4) is 0 Å². The van der Waals surface area contributed by atoms with Gasteiger partial charge < -0.3 is 18.9 Å². The molecule has 5 nitrogen and oxygen atoms in total. The lowest BCUT2D eigenvalue weighted by Gasteiger charge is -2.27. The van der Waals surface area contributed by atoms with Crippen molar-refractivity contribution in [3.63, 3.8) is 0 Å². The van der Waals surface area contributed by atoms with Crippen LogP contribution < -0.4 is 0 Å². The third-order valence-corrected chi connectivity index (χ3v) is 2.75. The summed E-state index contributed by atoms with van der Waals surface area (Å²) in [5, 5.41) is 0. The molecule has 0 spiro atoms. The van der Waals surface area contributed by atoms with Gasteiger partial charge in [0, 0.05) is 19.8 Å². The highest BCUT2D eigenvalue weighted by Gasteiger charge is 2.49. The quantitative estimate of drug-likeness (QED) is 0.769. The van der Waals surface area contributed by atoms with E-state index in [1.807, 2.05) is 37.3 Å². The molecular weight excluding hydrogens is 234 g/mol. The zero-order valence-electron chi connectivity index (χ0n) is 10.8. The van der Waals surface area contributed by atoms with E-state index in [0.29, 0.717) is 6.61 Å². The van der Waals surface area contributed by atoms with E-state index in [4.69, 9.17) is 18.9 Å². The average molecular weight is 251 g/mol. The van der Waals surface area contributed by atoms with Crippen molar-refractivity contribution in [3.05, 3.63) is 35.9 Å². The standard InChI is InChI=1S/C13H17NO4/c1-4-17-12-14-13(15-2,16-3)11(18-12)10-8-6-5-7-9-10/h5-9,11H,4H2,1-3H3. The molecule has 0 aromatic heterocycles. The van der Waals surface area contributed by atoms with Gasteiger partial charge in [-0.25, -0.2) is 0 Å². The molecule has 1 aliphatic rings. The van der Waals surface area contributed by atoms with Gasteiger partial charge >= 0.3 is 12.0 Å². The molecule has 1 unspecified atom stereocenters. The Morgan fingerprint density at radius 3 is 2.44 bits per heavy atom. The summed E-state index contributed by atoms with van der Waals surface area (Å²) in [4.78, 5) is 4.23. The number of aliphatic imine (C=N–C) groups is 1. The third kappa shape index (κ3) is 2.19. The first-order valence-electron chi connectivity index (χ1n) is 5.80. The van der Waals surface area contributed by atoms with Crippen molar-refractivity contribution in [2.75, 3.05) is 20.8 Å². The zero-order chi connectivity index (χ0) is 13.0. The summed E-state index contributed by atoms with van der Waals surface area (Å²) >= 11 is 0. The molecule has 1 aromatic carbocycles. The third-order valence-electron chi connectivity index (χ3n) is 2.75. The van der Waals surface area contributed by atoms with Crippen molar-refractivity contribution in [1.82, 2.24) is 0 Å². The Labute approximate surface area is 106 Å². The Kier molecular flexibility index (Phi) is 3.84. The van der Waals surface area contributed by atoms with Crippen molar-refractivity contribution >= 4 is 6.08 Å². The van der Waals surface area contributed by atoms with Crippen LogP contribution in [0.4, 0.5) is 0 Å². The van der Waals surface area contributed by atoms with Crippen LogP contribution in [0.3, 0.4) is 0 Å². The number of ether oxygens (including phenoxy) is 4. The number of methoxy groups -OCH3 is 2. The predicted molar refractivity (Wildman–Crippen MR) is 66.1 cm³/mol. The molecule has 1 atom stereocenters. The fourth-order valence-electron chi connectivity index (χ4n) is 1.87. The zero-order valence-corrected chi connectivity index (χ0v) is 10.8. The second-order valence-corrected chi connectivity index (χ2v) is 3.76. The van der Waals surface area contributed by atoms with Crippen molar-refractivity contribution in [2.24, 2.45) is 4.99 Å². The van der Waals surface area contributed by atoms with Crippen LogP contribution in [-0.4, -0.2) is 32.8 Å². The highest BCUT2D eigenvalue weighted by molar-refractivity contribution is 5.69. The Morgan fingerprint density at radius 2 is 1.89 bits per heavy atom. The van der Waals surface area contributed by atoms with E-state index in [9.17, 15) is 0 Å². The van der Waals surface area contributed by atoms with Gasteiger partial charge in [0.05, 0.1) is 6.61 Å². The lowest BCUT2D eigenvalue weighted by Crippen LogP contribution is -2.36. The molecule has 98 valence electrons. The molecule has 0 N–H and O–H groups in total. The lowest BCUT2D eigenvalue weighted by molar-refractivity contribution is -0.238. The maximum atomic E-state index is 5.66. The van der Waals surface area contributed by atoms with Crippen molar-refractivity contribution in [2.45, 2.75) is 18.9 Å². The normalized spacial score (nSPS) is 21.3. The second kappa shape index (κ2) is 5.37. The van der Waals surface area contributed by atoms with E-state index in [-0.39, 0.29) is 6.08 Å². The topological polar surface area (TPSA) is 49.3 Å². The molecule has 1 aromatic rings. The molecule has 0 saturated carbocycles. The van der Waals surface area contributed by atoms with E-state index in [1.54, 1.807) is 0 Å². The van der Waals surface area contributed by atoms with Gasteiger partial charge in [0.15, 0.2) is 0 Å². The summed E-state index contributed by atoms with van der Waals surface area (Å²) in [5.41, 5.74) is 0.916. The van der Waals surface area contributed by atoms with E-state index < -0.39 is 12.0 Å². The van der Waals surface area contributed by atoms with E-state index in [0.717, 1.165) is 5.56 Å². The van der Waals surface area contributed by atoms with Crippen molar-refractivity contribution < 1.29 is 18.9 Å². The summed E-state index contributed by atoms with van der Waals surface area (Å²) < 4.78 is 21.7. The molecule has 1 aliphatic heterocycles. The number of nitrogens with zero attached hydrogens (tertiary/aromatic N) is 1. The summed E-state index contributed by atoms with van der Waals surface area (Å²) in [6.45, 7) is 2.34. The molecular formula is C13H17NO4. The summed E-state index contributed by atoms with van der Waals surface area (Å²) in [5.74, 6) is -1.19. The monoisotopic (exact) mass is 251 g/mol. The van der Waals surface area contributed by atoms with Crippen LogP contribution >= 0.6 is 0 Å². The van der Waals surface area contributed by atoms with Gasteiger partial charge in [-0.05, 0) is 6.92 Å². The minimum Gasteiger partial charge on any atom is -0.451 e. The SMILES string of the molecule is CCOC1=NC(OC)(OC)C(c2ccccc2)O1. The number of hydrogen-bond acceptors (Lipinski definition) is 5. The summed E-state index contributed by atoms with van der Waals surface area (Å²) in [7, 11) is 3.06. The van der Waals surface area contributed by atoms with Crippen LogP contribution in [0.15, 0.2) is 35.3 Å². The average Bonchev–Trinajstić information content (AvgIpc) is 2.79. The van der Waals surface area contributed by atoms with Crippen LogP contribution in [0.5, 0.6) is 0 Å². The molecule has 0 bridgehead atoms. The summed E-state index contributed by atoms with van der Waals surface area (Å²) in [6, 6.07) is 9.65. The van der Waals surface area contributed by atoms with Crippen LogP contribution in [0.2, 0.25) is 0 Å². The van der Waals surface area contributed by atoms with Gasteiger partial charge in [-0.1, -0.05) is 30.3 Å². The lowest BCUT2D eigenvalue weighted by atomic mass is 10.1. The molecule has 0 radical (unpaired) electrons. The first kappa shape index (κ1) is 12.9. The fourth-order valence-corrected chi connectivity index (χ4v) is 1.87. The van der Waals surface area contributed by atoms with E-state index >= 15 is 0 Å². The molecule has 18 heavy (non-hydrogen) atoms. The van der Waals surface area contributed by atoms with Crippen molar-refractivity contribution in [1.29, 1.82) is 0 Å². The van der Waals surface area contributed by atoms with Crippen LogP contribution in [0, 0.1) is 0 Å². The number of hydrogen-bond donors (Lipinski definition) is 0. The minimum absolute atomic E-state index is 0.190. The van der Waals surface area contributed by atoms with Gasteiger partial charge in [-0.15, -0.1) is 4.99 Å². The summed E-state index contributed by atoms with van der Waals surface area (Å²) in [6.07, 6.45) is -0.287. The van der Waals surface area contributed by atoms with Gasteiger partial charge in [-0.2, -0.15) is 0 Å².